The fraction of sp³-hybridized carbons (Fsp3) is 0.217. The molecule has 28 heavy (non-hydrogen) atoms. The molecule has 5 heteroatoms. The Balaban J connectivity index is 1.67. The van der Waals surface area contributed by atoms with Gasteiger partial charge in [0.1, 0.15) is 0 Å². The Kier molecular flexibility index (Phi) is 4.38. The monoisotopic (exact) mass is 388 g/mol. The van der Waals surface area contributed by atoms with Gasteiger partial charge in [0.25, 0.3) is 0 Å². The highest BCUT2D eigenvalue weighted by atomic mass is 35.5. The molecule has 0 aliphatic carbocycles. The fourth-order valence-electron chi connectivity index (χ4n) is 4.38. The minimum absolute atomic E-state index is 0.201. The quantitative estimate of drug-likeness (QED) is 0.522. The number of fused-ring (bicyclic) bond motifs is 1. The van der Waals surface area contributed by atoms with Gasteiger partial charge in [-0.3, -0.25) is 0 Å². The molecule has 2 N–H and O–H groups in total. The molecule has 4 nitrogen and oxygen atoms in total. The summed E-state index contributed by atoms with van der Waals surface area (Å²) in [6.45, 7) is 1.88. The molecule has 0 spiro atoms. The van der Waals surface area contributed by atoms with Crippen LogP contribution in [0.4, 0.5) is 0 Å². The van der Waals surface area contributed by atoms with Gasteiger partial charge < -0.3 is 10.3 Å². The Morgan fingerprint density at radius 1 is 0.929 bits per heavy atom. The van der Waals surface area contributed by atoms with Gasteiger partial charge in [0.15, 0.2) is 5.82 Å². The summed E-state index contributed by atoms with van der Waals surface area (Å²) in [6.07, 6.45) is 5.79. The summed E-state index contributed by atoms with van der Waals surface area (Å²) >= 11 is 6.65. The Morgan fingerprint density at radius 3 is 2.57 bits per heavy atom. The number of nitrogens with zero attached hydrogens (tertiary/aromatic N) is 2. The molecular weight excluding hydrogens is 368 g/mol. The maximum absolute atomic E-state index is 6.65. The van der Waals surface area contributed by atoms with Gasteiger partial charge in [0, 0.05) is 39.3 Å². The number of nitrogens with one attached hydrogen (secondary N) is 2. The number of piperidine rings is 1. The van der Waals surface area contributed by atoms with Crippen molar-refractivity contribution in [3.8, 4) is 11.4 Å². The summed E-state index contributed by atoms with van der Waals surface area (Å²) in [5.74, 6) is 0.750. The molecule has 0 saturated carbocycles. The van der Waals surface area contributed by atoms with Gasteiger partial charge in [0.05, 0.1) is 5.69 Å². The Morgan fingerprint density at radius 2 is 1.71 bits per heavy atom. The molecule has 1 aliphatic heterocycles. The lowest BCUT2D eigenvalue weighted by Gasteiger charge is -2.38. The van der Waals surface area contributed by atoms with Crippen LogP contribution in [0.1, 0.15) is 24.1 Å². The van der Waals surface area contributed by atoms with Crippen LogP contribution in [0, 0.1) is 0 Å². The number of halogens is 1. The maximum Gasteiger partial charge on any atom is 0.161 e. The van der Waals surface area contributed by atoms with Crippen molar-refractivity contribution < 1.29 is 0 Å². The topological polar surface area (TPSA) is 53.6 Å². The number of hydrogen-bond donors (Lipinski definition) is 2. The lowest BCUT2D eigenvalue weighted by molar-refractivity contribution is 0.354. The van der Waals surface area contributed by atoms with Gasteiger partial charge in [-0.25, -0.2) is 9.97 Å². The summed E-state index contributed by atoms with van der Waals surface area (Å²) in [4.78, 5) is 13.0. The molecule has 1 saturated heterocycles. The zero-order valence-corrected chi connectivity index (χ0v) is 16.2. The first kappa shape index (κ1) is 17.4. The molecule has 0 amide bonds. The highest BCUT2D eigenvalue weighted by Gasteiger charge is 2.38. The van der Waals surface area contributed by atoms with Crippen LogP contribution in [-0.2, 0) is 5.41 Å². The van der Waals surface area contributed by atoms with E-state index >= 15 is 0 Å². The van der Waals surface area contributed by atoms with E-state index in [0.29, 0.717) is 0 Å². The Labute approximate surface area is 169 Å². The van der Waals surface area contributed by atoms with Crippen molar-refractivity contribution in [2.45, 2.75) is 18.3 Å². The first-order valence-electron chi connectivity index (χ1n) is 9.64. The van der Waals surface area contributed by atoms with Crippen molar-refractivity contribution in [1.29, 1.82) is 0 Å². The average Bonchev–Trinajstić information content (AvgIpc) is 3.19. The second-order valence-electron chi connectivity index (χ2n) is 7.33. The van der Waals surface area contributed by atoms with Gasteiger partial charge in [-0.2, -0.15) is 0 Å². The normalized spacial score (nSPS) is 16.3. The Bertz CT molecular complexity index is 1130. The average molecular weight is 389 g/mol. The third-order valence-corrected chi connectivity index (χ3v) is 6.15. The molecule has 4 aromatic rings. The van der Waals surface area contributed by atoms with Gasteiger partial charge in [-0.15, -0.1) is 0 Å². The summed E-state index contributed by atoms with van der Waals surface area (Å²) in [5, 5.41) is 5.41. The van der Waals surface area contributed by atoms with Crippen molar-refractivity contribution in [3.05, 3.63) is 83.3 Å². The van der Waals surface area contributed by atoms with Crippen LogP contribution in [0.15, 0.2) is 67.0 Å². The first-order valence-corrected chi connectivity index (χ1v) is 10.0. The van der Waals surface area contributed by atoms with Crippen LogP contribution < -0.4 is 5.32 Å². The molecular formula is C23H21ClN4. The maximum atomic E-state index is 6.65. The van der Waals surface area contributed by atoms with Gasteiger partial charge in [0.2, 0.25) is 0 Å². The summed E-state index contributed by atoms with van der Waals surface area (Å²) in [6, 6.07) is 18.5. The minimum Gasteiger partial charge on any atom is -0.360 e. The molecule has 2 aromatic carbocycles. The van der Waals surface area contributed by atoms with E-state index < -0.39 is 0 Å². The highest BCUT2D eigenvalue weighted by Crippen LogP contribution is 2.42. The van der Waals surface area contributed by atoms with E-state index in [1.54, 1.807) is 0 Å². The smallest absolute Gasteiger partial charge is 0.161 e. The number of para-hydroxylation sites is 1. The highest BCUT2D eigenvalue weighted by molar-refractivity contribution is 6.31. The van der Waals surface area contributed by atoms with E-state index in [0.717, 1.165) is 64.5 Å². The van der Waals surface area contributed by atoms with E-state index in [4.69, 9.17) is 16.6 Å². The second-order valence-corrected chi connectivity index (χ2v) is 7.73. The van der Waals surface area contributed by atoms with Gasteiger partial charge in [-0.05, 0) is 49.7 Å². The predicted octanol–water partition coefficient (Wildman–Crippen LogP) is 4.95. The number of hydrogen-bond acceptors (Lipinski definition) is 3. The van der Waals surface area contributed by atoms with E-state index in [9.17, 15) is 0 Å². The van der Waals surface area contributed by atoms with Gasteiger partial charge >= 0.3 is 0 Å². The number of aromatic nitrogens is 3. The SMILES string of the molecule is Clc1ccccc1C1(c2ccnc(-c3c[nH]c4ccccc34)n2)CCNCC1. The van der Waals surface area contributed by atoms with E-state index in [-0.39, 0.29) is 5.41 Å². The molecule has 3 heterocycles. The van der Waals surface area contributed by atoms with Crippen LogP contribution in [0.2, 0.25) is 5.02 Å². The van der Waals surface area contributed by atoms with Crippen molar-refractivity contribution >= 4 is 22.5 Å². The lowest BCUT2D eigenvalue weighted by Crippen LogP contribution is -2.41. The lowest BCUT2D eigenvalue weighted by atomic mass is 9.70. The molecule has 0 atom stereocenters. The van der Waals surface area contributed by atoms with Crippen LogP contribution in [0.25, 0.3) is 22.3 Å². The summed E-state index contributed by atoms with van der Waals surface area (Å²) in [7, 11) is 0. The van der Waals surface area contributed by atoms with Crippen molar-refractivity contribution in [2.75, 3.05) is 13.1 Å². The van der Waals surface area contributed by atoms with E-state index in [1.807, 2.05) is 42.7 Å². The predicted molar refractivity (Wildman–Crippen MR) is 114 cm³/mol. The minimum atomic E-state index is -0.201. The van der Waals surface area contributed by atoms with Crippen LogP contribution >= 0.6 is 11.6 Å². The summed E-state index contributed by atoms with van der Waals surface area (Å²) in [5.41, 5.74) is 4.11. The summed E-state index contributed by atoms with van der Waals surface area (Å²) < 4.78 is 0. The van der Waals surface area contributed by atoms with Gasteiger partial charge in [-0.1, -0.05) is 48.0 Å². The van der Waals surface area contributed by atoms with Crippen molar-refractivity contribution in [1.82, 2.24) is 20.3 Å². The standard InChI is InChI=1S/C23H21ClN4/c24-19-7-3-2-6-18(19)23(10-13-25-14-11-23)21-9-12-26-22(28-21)17-15-27-20-8-4-1-5-16(17)20/h1-9,12,15,25,27H,10-11,13-14H2. The van der Waals surface area contributed by atoms with Crippen molar-refractivity contribution in [2.24, 2.45) is 0 Å². The molecule has 0 unspecified atom stereocenters. The zero-order chi connectivity index (χ0) is 19.0. The van der Waals surface area contributed by atoms with E-state index in [2.05, 4.69) is 39.6 Å². The molecule has 140 valence electrons. The van der Waals surface area contributed by atoms with Crippen LogP contribution in [-0.4, -0.2) is 28.0 Å². The van der Waals surface area contributed by atoms with Crippen LogP contribution in [0.5, 0.6) is 0 Å². The third kappa shape index (κ3) is 2.81. The zero-order valence-electron chi connectivity index (χ0n) is 15.5. The molecule has 5 rings (SSSR count). The second kappa shape index (κ2) is 7.04. The molecule has 2 aromatic heterocycles. The number of benzene rings is 2. The van der Waals surface area contributed by atoms with Crippen LogP contribution in [0.3, 0.4) is 0 Å². The molecule has 1 fully saturated rings. The number of rotatable bonds is 3. The molecule has 0 radical (unpaired) electrons. The number of H-pyrrole nitrogens is 1. The third-order valence-electron chi connectivity index (χ3n) is 5.82. The molecule has 1 aliphatic rings. The van der Waals surface area contributed by atoms with E-state index in [1.165, 1.54) is 0 Å². The largest absolute Gasteiger partial charge is 0.360 e. The fourth-order valence-corrected chi connectivity index (χ4v) is 4.69. The number of aromatic amines is 1. The Hall–Kier alpha value is -2.69. The molecule has 0 bridgehead atoms. The van der Waals surface area contributed by atoms with Crippen molar-refractivity contribution in [3.63, 3.8) is 0 Å². The first-order chi connectivity index (χ1) is 13.8.